The number of hydrogen-bond donors (Lipinski definition) is 2. The van der Waals surface area contributed by atoms with Gasteiger partial charge in [-0.1, -0.05) is 34.1 Å². The number of aliphatic hydroxyl groups is 1. The third kappa shape index (κ3) is 3.48. The fourth-order valence-electron chi connectivity index (χ4n) is 1.52. The molecule has 2 aromatic rings. The van der Waals surface area contributed by atoms with E-state index in [1.165, 1.54) is 12.1 Å². The zero-order valence-electron chi connectivity index (χ0n) is 9.58. The van der Waals surface area contributed by atoms with Gasteiger partial charge in [0.05, 0.1) is 0 Å². The van der Waals surface area contributed by atoms with Gasteiger partial charge in [0.15, 0.2) is 0 Å². The molecule has 0 saturated carbocycles. The summed E-state index contributed by atoms with van der Waals surface area (Å²) in [5.41, 5.74) is 0.711. The topological polar surface area (TPSA) is 49.7 Å². The summed E-state index contributed by atoms with van der Waals surface area (Å²) < 4.78 is 6.42. The first-order chi connectivity index (χ1) is 8.65. The van der Waals surface area contributed by atoms with E-state index in [0.29, 0.717) is 11.3 Å². The van der Waals surface area contributed by atoms with Crippen molar-refractivity contribution in [3.63, 3.8) is 0 Å². The molecule has 0 spiro atoms. The Kier molecular flexibility index (Phi) is 4.23. The van der Waals surface area contributed by atoms with Gasteiger partial charge in [-0.25, -0.2) is 0 Å². The summed E-state index contributed by atoms with van der Waals surface area (Å²) in [7, 11) is 0. The Morgan fingerprint density at radius 1 is 1.11 bits per heavy atom. The largest absolute Gasteiger partial charge is 0.508 e. The third-order valence-corrected chi connectivity index (χ3v) is 2.98. The van der Waals surface area contributed by atoms with Crippen LogP contribution in [-0.2, 0) is 0 Å². The average Bonchev–Trinajstić information content (AvgIpc) is 2.37. The Bertz CT molecular complexity index is 511. The Labute approximate surface area is 114 Å². The van der Waals surface area contributed by atoms with E-state index in [4.69, 9.17) is 9.84 Å². The van der Waals surface area contributed by atoms with Crippen LogP contribution in [0.2, 0.25) is 0 Å². The summed E-state index contributed by atoms with van der Waals surface area (Å²) in [5.74, 6) is 0.876. The normalized spacial score (nSPS) is 12.1. The molecular formula is C14H13BrO3. The Morgan fingerprint density at radius 2 is 1.83 bits per heavy atom. The SMILES string of the molecule is Oc1ccc(C(O)COc2cccc(Br)c2)cc1. The summed E-state index contributed by atoms with van der Waals surface area (Å²) in [5, 5.41) is 19.1. The molecule has 2 aromatic carbocycles. The summed E-state index contributed by atoms with van der Waals surface area (Å²) in [6, 6.07) is 13.9. The van der Waals surface area contributed by atoms with Crippen molar-refractivity contribution in [2.24, 2.45) is 0 Å². The molecule has 2 N–H and O–H groups in total. The second kappa shape index (κ2) is 5.89. The lowest BCUT2D eigenvalue weighted by Crippen LogP contribution is -2.09. The van der Waals surface area contributed by atoms with E-state index in [9.17, 15) is 5.11 Å². The molecule has 0 fully saturated rings. The van der Waals surface area contributed by atoms with Crippen LogP contribution < -0.4 is 4.74 Å². The summed E-state index contributed by atoms with van der Waals surface area (Å²) in [6.07, 6.45) is -0.718. The second-order valence-electron chi connectivity index (χ2n) is 3.88. The van der Waals surface area contributed by atoms with Crippen molar-refractivity contribution < 1.29 is 14.9 Å². The molecular weight excluding hydrogens is 296 g/mol. The maximum Gasteiger partial charge on any atom is 0.120 e. The summed E-state index contributed by atoms with van der Waals surface area (Å²) in [6.45, 7) is 0.168. The minimum Gasteiger partial charge on any atom is -0.508 e. The van der Waals surface area contributed by atoms with E-state index in [1.807, 2.05) is 24.3 Å². The molecule has 0 aromatic heterocycles. The zero-order chi connectivity index (χ0) is 13.0. The van der Waals surface area contributed by atoms with E-state index < -0.39 is 6.10 Å². The number of phenolic OH excluding ortho intramolecular Hbond substituents is 1. The molecule has 3 nitrogen and oxygen atoms in total. The molecule has 0 aliphatic carbocycles. The quantitative estimate of drug-likeness (QED) is 0.911. The predicted molar refractivity (Wildman–Crippen MR) is 72.7 cm³/mol. The van der Waals surface area contributed by atoms with E-state index >= 15 is 0 Å². The number of phenols is 1. The van der Waals surface area contributed by atoms with Gasteiger partial charge < -0.3 is 14.9 Å². The number of ether oxygens (including phenoxy) is 1. The number of benzene rings is 2. The van der Waals surface area contributed by atoms with E-state index in [-0.39, 0.29) is 12.4 Å². The molecule has 0 aliphatic heterocycles. The van der Waals surface area contributed by atoms with Crippen molar-refractivity contribution in [2.75, 3.05) is 6.61 Å². The molecule has 2 rings (SSSR count). The van der Waals surface area contributed by atoms with Gasteiger partial charge in [-0.3, -0.25) is 0 Å². The van der Waals surface area contributed by atoms with Crippen molar-refractivity contribution in [1.82, 2.24) is 0 Å². The number of rotatable bonds is 4. The zero-order valence-corrected chi connectivity index (χ0v) is 11.2. The number of hydrogen-bond acceptors (Lipinski definition) is 3. The lowest BCUT2D eigenvalue weighted by molar-refractivity contribution is 0.108. The Morgan fingerprint density at radius 3 is 2.50 bits per heavy atom. The first-order valence-electron chi connectivity index (χ1n) is 5.50. The van der Waals surface area contributed by atoms with E-state index in [2.05, 4.69) is 15.9 Å². The molecule has 0 radical (unpaired) electrons. The first kappa shape index (κ1) is 12.9. The molecule has 4 heteroatoms. The van der Waals surface area contributed by atoms with Crippen LogP contribution in [-0.4, -0.2) is 16.8 Å². The average molecular weight is 309 g/mol. The smallest absolute Gasteiger partial charge is 0.120 e. The second-order valence-corrected chi connectivity index (χ2v) is 4.79. The first-order valence-corrected chi connectivity index (χ1v) is 6.30. The molecule has 0 amide bonds. The number of aliphatic hydroxyl groups excluding tert-OH is 1. The number of halogens is 1. The van der Waals surface area contributed by atoms with Gasteiger partial charge in [-0.05, 0) is 35.9 Å². The standard InChI is InChI=1S/C14H13BrO3/c15-11-2-1-3-13(8-11)18-9-14(17)10-4-6-12(16)7-5-10/h1-8,14,16-17H,9H2. The molecule has 0 heterocycles. The van der Waals surface area contributed by atoms with Crippen LogP contribution in [0.15, 0.2) is 53.0 Å². The minimum absolute atomic E-state index is 0.168. The van der Waals surface area contributed by atoms with Crippen LogP contribution in [0.4, 0.5) is 0 Å². The molecule has 18 heavy (non-hydrogen) atoms. The van der Waals surface area contributed by atoms with Gasteiger partial charge in [0, 0.05) is 4.47 Å². The van der Waals surface area contributed by atoms with Crippen LogP contribution in [0.25, 0.3) is 0 Å². The highest BCUT2D eigenvalue weighted by Gasteiger charge is 2.08. The molecule has 0 bridgehead atoms. The maximum absolute atomic E-state index is 9.92. The van der Waals surface area contributed by atoms with Crippen LogP contribution >= 0.6 is 15.9 Å². The van der Waals surface area contributed by atoms with E-state index in [1.54, 1.807) is 12.1 Å². The Hall–Kier alpha value is -1.52. The van der Waals surface area contributed by atoms with Crippen LogP contribution in [0.5, 0.6) is 11.5 Å². The third-order valence-electron chi connectivity index (χ3n) is 2.48. The van der Waals surface area contributed by atoms with Crippen molar-refractivity contribution in [1.29, 1.82) is 0 Å². The van der Waals surface area contributed by atoms with Crippen molar-refractivity contribution in [3.8, 4) is 11.5 Å². The fraction of sp³-hybridized carbons (Fsp3) is 0.143. The van der Waals surface area contributed by atoms with Gasteiger partial charge in [0.2, 0.25) is 0 Å². The number of aromatic hydroxyl groups is 1. The predicted octanol–water partition coefficient (Wildman–Crippen LogP) is 3.27. The van der Waals surface area contributed by atoms with Crippen molar-refractivity contribution in [2.45, 2.75) is 6.10 Å². The van der Waals surface area contributed by atoms with Gasteiger partial charge in [-0.15, -0.1) is 0 Å². The molecule has 0 saturated heterocycles. The molecule has 94 valence electrons. The van der Waals surface area contributed by atoms with E-state index in [0.717, 1.165) is 4.47 Å². The minimum atomic E-state index is -0.718. The summed E-state index contributed by atoms with van der Waals surface area (Å²) >= 11 is 3.35. The van der Waals surface area contributed by atoms with Gasteiger partial charge in [0.1, 0.15) is 24.2 Å². The summed E-state index contributed by atoms with van der Waals surface area (Å²) in [4.78, 5) is 0. The Balaban J connectivity index is 1.96. The lowest BCUT2D eigenvalue weighted by atomic mass is 10.1. The van der Waals surface area contributed by atoms with Crippen molar-refractivity contribution in [3.05, 3.63) is 58.6 Å². The monoisotopic (exact) mass is 308 g/mol. The molecule has 0 aliphatic rings. The van der Waals surface area contributed by atoms with Gasteiger partial charge in [-0.2, -0.15) is 0 Å². The lowest BCUT2D eigenvalue weighted by Gasteiger charge is -2.13. The highest BCUT2D eigenvalue weighted by Crippen LogP contribution is 2.21. The fourth-order valence-corrected chi connectivity index (χ4v) is 1.90. The highest BCUT2D eigenvalue weighted by molar-refractivity contribution is 9.10. The van der Waals surface area contributed by atoms with Gasteiger partial charge in [0.25, 0.3) is 0 Å². The van der Waals surface area contributed by atoms with Crippen LogP contribution in [0.3, 0.4) is 0 Å². The van der Waals surface area contributed by atoms with Crippen LogP contribution in [0.1, 0.15) is 11.7 Å². The highest BCUT2D eigenvalue weighted by atomic mass is 79.9. The maximum atomic E-state index is 9.92. The molecule has 1 unspecified atom stereocenters. The van der Waals surface area contributed by atoms with Crippen LogP contribution in [0, 0.1) is 0 Å². The van der Waals surface area contributed by atoms with Crippen molar-refractivity contribution >= 4 is 15.9 Å². The van der Waals surface area contributed by atoms with Gasteiger partial charge >= 0.3 is 0 Å². The molecule has 1 atom stereocenters.